The third kappa shape index (κ3) is 8.87. The molecule has 1 amide bonds. The van der Waals surface area contributed by atoms with Crippen LogP contribution in [-0.4, -0.2) is 73.8 Å². The Balaban J connectivity index is 0.00000385. The lowest BCUT2D eigenvalue weighted by molar-refractivity contribution is 0.00928. The number of hydrogen-bond acceptors (Lipinski definition) is 4. The first-order valence-electron chi connectivity index (χ1n) is 11.9. The van der Waals surface area contributed by atoms with Crippen molar-refractivity contribution in [2.24, 2.45) is 10.9 Å². The van der Waals surface area contributed by atoms with Crippen molar-refractivity contribution < 1.29 is 14.3 Å². The highest BCUT2D eigenvalue weighted by molar-refractivity contribution is 14.0. The van der Waals surface area contributed by atoms with Gasteiger partial charge in [-0.15, -0.1) is 24.0 Å². The van der Waals surface area contributed by atoms with Crippen LogP contribution in [0.25, 0.3) is 0 Å². The van der Waals surface area contributed by atoms with Gasteiger partial charge in [0, 0.05) is 39.3 Å². The molecule has 0 bridgehead atoms. The van der Waals surface area contributed by atoms with Crippen molar-refractivity contribution in [3.8, 4) is 5.75 Å². The summed E-state index contributed by atoms with van der Waals surface area (Å²) in [5, 5.41) is 3.50. The molecule has 1 saturated carbocycles. The van der Waals surface area contributed by atoms with Gasteiger partial charge in [-0.1, -0.05) is 12.1 Å². The summed E-state index contributed by atoms with van der Waals surface area (Å²) in [5.74, 6) is 2.46. The minimum Gasteiger partial charge on any atom is -0.497 e. The number of piperidine rings is 1. The third-order valence-electron chi connectivity index (χ3n) is 6.05. The van der Waals surface area contributed by atoms with Crippen LogP contribution in [0.1, 0.15) is 52.0 Å². The summed E-state index contributed by atoms with van der Waals surface area (Å²) >= 11 is 0. The van der Waals surface area contributed by atoms with E-state index in [9.17, 15) is 4.79 Å². The molecule has 0 spiro atoms. The van der Waals surface area contributed by atoms with Crippen molar-refractivity contribution in [2.75, 3.05) is 40.3 Å². The standard InChI is InChI=1S/C25H40N4O3.HI/c1-25(2,3)32-24(30)29(18-20-6-7-20)21-13-16-28(17-14-21)23(26-4)27-15-12-19-8-10-22(31-5)11-9-19;/h8-11,20-21H,6-7,12-18H2,1-5H3,(H,26,27);1H. The number of aliphatic imine (C=N–C) groups is 1. The van der Waals surface area contributed by atoms with E-state index in [4.69, 9.17) is 9.47 Å². The fourth-order valence-corrected chi connectivity index (χ4v) is 4.10. The quantitative estimate of drug-likeness (QED) is 0.295. The third-order valence-corrected chi connectivity index (χ3v) is 6.05. The number of methoxy groups -OCH3 is 1. The van der Waals surface area contributed by atoms with Gasteiger partial charge in [-0.2, -0.15) is 0 Å². The van der Waals surface area contributed by atoms with E-state index >= 15 is 0 Å². The first-order valence-corrected chi connectivity index (χ1v) is 11.9. The Hall–Kier alpha value is -1.71. The second kappa shape index (κ2) is 12.7. The number of carbonyl (C=O) groups is 1. The summed E-state index contributed by atoms with van der Waals surface area (Å²) in [6.07, 6.45) is 5.08. The molecule has 0 radical (unpaired) electrons. The van der Waals surface area contributed by atoms with Crippen molar-refractivity contribution in [3.63, 3.8) is 0 Å². The van der Waals surface area contributed by atoms with Crippen LogP contribution in [0.4, 0.5) is 4.79 Å². The van der Waals surface area contributed by atoms with Crippen LogP contribution in [0.15, 0.2) is 29.3 Å². The minimum absolute atomic E-state index is 0. The number of benzene rings is 1. The summed E-state index contributed by atoms with van der Waals surface area (Å²) in [6, 6.07) is 8.42. The number of ether oxygens (including phenoxy) is 2. The number of likely N-dealkylation sites (tertiary alicyclic amines) is 1. The SMILES string of the molecule is CN=C(NCCc1ccc(OC)cc1)N1CCC(N(CC2CC2)C(=O)OC(C)(C)C)CC1.I. The van der Waals surface area contributed by atoms with Crippen LogP contribution in [0.2, 0.25) is 0 Å². The Kier molecular flexibility index (Phi) is 10.6. The molecular formula is C25H41IN4O3. The molecule has 2 aliphatic rings. The number of guanidine groups is 1. The van der Waals surface area contributed by atoms with Gasteiger partial charge < -0.3 is 24.6 Å². The maximum Gasteiger partial charge on any atom is 0.410 e. The highest BCUT2D eigenvalue weighted by Gasteiger charge is 2.35. The average molecular weight is 573 g/mol. The minimum atomic E-state index is -0.463. The molecule has 1 aromatic carbocycles. The molecule has 33 heavy (non-hydrogen) atoms. The van der Waals surface area contributed by atoms with Gasteiger partial charge in [0.2, 0.25) is 0 Å². The van der Waals surface area contributed by atoms with Gasteiger partial charge >= 0.3 is 6.09 Å². The zero-order valence-electron chi connectivity index (χ0n) is 20.8. The zero-order chi connectivity index (χ0) is 23.1. The summed E-state index contributed by atoms with van der Waals surface area (Å²) in [5.41, 5.74) is 0.802. The van der Waals surface area contributed by atoms with Gasteiger partial charge in [-0.3, -0.25) is 4.99 Å². The second-order valence-electron chi connectivity index (χ2n) is 9.87. The van der Waals surface area contributed by atoms with Crippen molar-refractivity contribution >= 4 is 36.0 Å². The largest absolute Gasteiger partial charge is 0.497 e. The fourth-order valence-electron chi connectivity index (χ4n) is 4.10. The number of amides is 1. The molecule has 3 rings (SSSR count). The summed E-state index contributed by atoms with van der Waals surface area (Å²) in [6.45, 7) is 9.23. The molecule has 7 nitrogen and oxygen atoms in total. The molecule has 1 aromatic rings. The summed E-state index contributed by atoms with van der Waals surface area (Å²) < 4.78 is 10.9. The van der Waals surface area contributed by atoms with Crippen molar-refractivity contribution in [3.05, 3.63) is 29.8 Å². The van der Waals surface area contributed by atoms with Gasteiger partial charge in [0.15, 0.2) is 5.96 Å². The normalized spacial score (nSPS) is 17.2. The van der Waals surface area contributed by atoms with E-state index < -0.39 is 5.60 Å². The van der Waals surface area contributed by atoms with Crippen LogP contribution in [0.3, 0.4) is 0 Å². The average Bonchev–Trinajstić information content (AvgIpc) is 3.59. The van der Waals surface area contributed by atoms with Crippen LogP contribution in [0, 0.1) is 5.92 Å². The predicted molar refractivity (Wildman–Crippen MR) is 144 cm³/mol. The maximum atomic E-state index is 12.9. The Morgan fingerprint density at radius 2 is 1.79 bits per heavy atom. The van der Waals surface area contributed by atoms with Gasteiger partial charge in [-0.25, -0.2) is 4.79 Å². The molecule has 186 valence electrons. The highest BCUT2D eigenvalue weighted by atomic mass is 127. The van der Waals surface area contributed by atoms with Crippen molar-refractivity contribution in [2.45, 2.75) is 64.5 Å². The molecule has 1 saturated heterocycles. The predicted octanol–water partition coefficient (Wildman–Crippen LogP) is 4.54. The first kappa shape index (κ1) is 27.5. The lowest BCUT2D eigenvalue weighted by Gasteiger charge is -2.40. The lowest BCUT2D eigenvalue weighted by atomic mass is 10.0. The summed E-state index contributed by atoms with van der Waals surface area (Å²) in [4.78, 5) is 21.6. The maximum absolute atomic E-state index is 12.9. The van der Waals surface area contributed by atoms with Crippen LogP contribution in [-0.2, 0) is 11.2 Å². The van der Waals surface area contributed by atoms with Crippen LogP contribution < -0.4 is 10.1 Å². The van der Waals surface area contributed by atoms with Gasteiger partial charge in [0.1, 0.15) is 11.4 Å². The molecule has 1 aliphatic heterocycles. The Morgan fingerprint density at radius 1 is 1.15 bits per heavy atom. The van der Waals surface area contributed by atoms with Gasteiger partial charge in [0.05, 0.1) is 7.11 Å². The number of hydrogen-bond donors (Lipinski definition) is 1. The summed E-state index contributed by atoms with van der Waals surface area (Å²) in [7, 11) is 3.52. The van der Waals surface area contributed by atoms with E-state index in [0.29, 0.717) is 5.92 Å². The van der Waals surface area contributed by atoms with Crippen molar-refractivity contribution in [1.82, 2.24) is 15.1 Å². The topological polar surface area (TPSA) is 66.4 Å². The molecule has 2 fully saturated rings. The smallest absolute Gasteiger partial charge is 0.410 e. The molecule has 8 heteroatoms. The van der Waals surface area contributed by atoms with E-state index in [-0.39, 0.29) is 36.1 Å². The lowest BCUT2D eigenvalue weighted by Crippen LogP contribution is -2.52. The van der Waals surface area contributed by atoms with Crippen molar-refractivity contribution in [1.29, 1.82) is 0 Å². The second-order valence-corrected chi connectivity index (χ2v) is 9.87. The highest BCUT2D eigenvalue weighted by Crippen LogP contribution is 2.32. The van der Waals surface area contributed by atoms with E-state index in [1.165, 1.54) is 18.4 Å². The molecule has 0 aromatic heterocycles. The van der Waals surface area contributed by atoms with Gasteiger partial charge in [-0.05, 0) is 76.5 Å². The van der Waals surface area contributed by atoms with E-state index in [1.807, 2.05) is 44.9 Å². The Bertz CT molecular complexity index is 767. The molecule has 1 N–H and O–H groups in total. The fraction of sp³-hybridized carbons (Fsp3) is 0.680. The first-order chi connectivity index (χ1) is 15.3. The molecule has 0 atom stereocenters. The van der Waals surface area contributed by atoms with E-state index in [0.717, 1.165) is 57.2 Å². The Labute approximate surface area is 216 Å². The van der Waals surface area contributed by atoms with Gasteiger partial charge in [0.25, 0.3) is 0 Å². The number of carbonyl (C=O) groups excluding carboxylic acids is 1. The van der Waals surface area contributed by atoms with E-state index in [2.05, 4.69) is 27.3 Å². The number of nitrogens with one attached hydrogen (secondary N) is 1. The zero-order valence-corrected chi connectivity index (χ0v) is 23.1. The number of nitrogens with zero attached hydrogens (tertiary/aromatic N) is 3. The number of halogens is 1. The van der Waals surface area contributed by atoms with E-state index in [1.54, 1.807) is 7.11 Å². The van der Waals surface area contributed by atoms with Crippen LogP contribution in [0.5, 0.6) is 5.75 Å². The number of rotatable bonds is 7. The molecule has 0 unspecified atom stereocenters. The molecule has 1 heterocycles. The van der Waals surface area contributed by atoms with Crippen LogP contribution >= 0.6 is 24.0 Å². The molecular weight excluding hydrogens is 531 g/mol. The monoisotopic (exact) mass is 572 g/mol. The Morgan fingerprint density at radius 3 is 2.30 bits per heavy atom. The molecule has 1 aliphatic carbocycles.